The van der Waals surface area contributed by atoms with Crippen LogP contribution in [0.25, 0.3) is 66.1 Å². The van der Waals surface area contributed by atoms with Crippen molar-refractivity contribution in [3.63, 3.8) is 0 Å². The molecule has 1 heteroatoms. The van der Waals surface area contributed by atoms with Crippen LogP contribution in [0, 0.1) is 0 Å². The minimum atomic E-state index is 1.10. The first-order chi connectivity index (χ1) is 25.3. The van der Waals surface area contributed by atoms with Crippen LogP contribution in [0.3, 0.4) is 0 Å². The highest BCUT2D eigenvalue weighted by Crippen LogP contribution is 2.49. The summed E-state index contributed by atoms with van der Waals surface area (Å²) < 4.78 is 0. The van der Waals surface area contributed by atoms with Gasteiger partial charge in [0.1, 0.15) is 0 Å². The molecule has 0 bridgehead atoms. The van der Waals surface area contributed by atoms with Crippen molar-refractivity contribution in [2.75, 3.05) is 4.90 Å². The van der Waals surface area contributed by atoms with E-state index < -0.39 is 0 Å². The van der Waals surface area contributed by atoms with Gasteiger partial charge in [0.2, 0.25) is 0 Å². The smallest absolute Gasteiger partial charge is 0.0540 e. The van der Waals surface area contributed by atoms with Crippen LogP contribution in [0.2, 0.25) is 0 Å². The first-order valence-corrected chi connectivity index (χ1v) is 17.5. The van der Waals surface area contributed by atoms with Crippen molar-refractivity contribution in [3.05, 3.63) is 212 Å². The molecule has 1 nitrogen and oxygen atoms in total. The van der Waals surface area contributed by atoms with Gasteiger partial charge in [0.15, 0.2) is 0 Å². The number of nitrogens with zero attached hydrogens (tertiary/aromatic N) is 1. The Morgan fingerprint density at radius 2 is 0.627 bits per heavy atom. The quantitative estimate of drug-likeness (QED) is 0.155. The maximum absolute atomic E-state index is 2.45. The molecule has 0 aliphatic heterocycles. The normalized spacial score (nSPS) is 11.1. The number of hydrogen-bond acceptors (Lipinski definition) is 1. The molecule has 0 N–H and O–H groups in total. The van der Waals surface area contributed by atoms with Gasteiger partial charge in [0.25, 0.3) is 0 Å². The fourth-order valence-corrected chi connectivity index (χ4v) is 7.60. The Morgan fingerprint density at radius 3 is 1.12 bits per heavy atom. The van der Waals surface area contributed by atoms with Gasteiger partial charge >= 0.3 is 0 Å². The molecule has 0 atom stereocenters. The lowest BCUT2D eigenvalue weighted by Gasteiger charge is -2.30. The van der Waals surface area contributed by atoms with Crippen LogP contribution in [-0.2, 0) is 0 Å². The van der Waals surface area contributed by atoms with Gasteiger partial charge in [-0.05, 0) is 79.2 Å². The van der Waals surface area contributed by atoms with Crippen molar-refractivity contribution in [1.29, 1.82) is 0 Å². The zero-order chi connectivity index (χ0) is 34.0. The van der Waals surface area contributed by atoms with Gasteiger partial charge in [-0.3, -0.25) is 0 Å². The third-order valence-electron chi connectivity index (χ3n) is 9.85. The van der Waals surface area contributed by atoms with Gasteiger partial charge < -0.3 is 4.90 Å². The molecule has 0 spiro atoms. The molecule has 0 aliphatic rings. The predicted molar refractivity (Wildman–Crippen MR) is 218 cm³/mol. The van der Waals surface area contributed by atoms with Crippen molar-refractivity contribution >= 4 is 38.6 Å². The summed E-state index contributed by atoms with van der Waals surface area (Å²) in [5.41, 5.74) is 13.0. The van der Waals surface area contributed by atoms with Crippen LogP contribution in [0.4, 0.5) is 17.1 Å². The second kappa shape index (κ2) is 13.3. The largest absolute Gasteiger partial charge is 0.309 e. The third kappa shape index (κ3) is 5.56. The van der Waals surface area contributed by atoms with E-state index in [4.69, 9.17) is 0 Å². The summed E-state index contributed by atoms with van der Waals surface area (Å²) in [5, 5.41) is 4.94. The molecule has 0 heterocycles. The Balaban J connectivity index is 1.38. The highest BCUT2D eigenvalue weighted by atomic mass is 15.1. The number of anilines is 3. The van der Waals surface area contributed by atoms with Crippen molar-refractivity contribution in [2.24, 2.45) is 0 Å². The molecule has 9 aromatic carbocycles. The van der Waals surface area contributed by atoms with E-state index in [-0.39, 0.29) is 0 Å². The molecule has 51 heavy (non-hydrogen) atoms. The highest BCUT2D eigenvalue weighted by molar-refractivity contribution is 6.22. The van der Waals surface area contributed by atoms with Gasteiger partial charge in [0, 0.05) is 16.8 Å². The molecule has 0 aliphatic carbocycles. The Labute approximate surface area is 299 Å². The van der Waals surface area contributed by atoms with Gasteiger partial charge in [-0.15, -0.1) is 0 Å². The lowest BCUT2D eigenvalue weighted by Crippen LogP contribution is -2.12. The van der Waals surface area contributed by atoms with Gasteiger partial charge in [-0.1, -0.05) is 188 Å². The van der Waals surface area contributed by atoms with Crippen LogP contribution in [0.15, 0.2) is 212 Å². The number of benzene rings is 9. The Hall–Kier alpha value is -6.70. The zero-order valence-corrected chi connectivity index (χ0v) is 28.2. The highest BCUT2D eigenvalue weighted by Gasteiger charge is 2.23. The zero-order valence-electron chi connectivity index (χ0n) is 28.2. The SMILES string of the molecule is c1ccc(-c2ccccc2N(c2ccc3c(-c4ccccc4)c(-c4ccccc4)c4ccccc4c3c2)c2ccccc2-c2ccccc2)cc1. The van der Waals surface area contributed by atoms with Gasteiger partial charge in [-0.25, -0.2) is 0 Å². The summed E-state index contributed by atoms with van der Waals surface area (Å²) in [7, 11) is 0. The maximum atomic E-state index is 2.45. The fourth-order valence-electron chi connectivity index (χ4n) is 7.60. The molecule has 240 valence electrons. The monoisotopic (exact) mass is 649 g/mol. The Bertz CT molecular complexity index is 2530. The second-order valence-corrected chi connectivity index (χ2v) is 12.9. The molecule has 0 aromatic heterocycles. The molecular weight excluding hydrogens is 615 g/mol. The maximum Gasteiger partial charge on any atom is 0.0540 e. The molecule has 0 amide bonds. The van der Waals surface area contributed by atoms with E-state index in [0.29, 0.717) is 0 Å². The van der Waals surface area contributed by atoms with E-state index in [9.17, 15) is 0 Å². The first kappa shape index (κ1) is 30.4. The first-order valence-electron chi connectivity index (χ1n) is 17.5. The van der Waals surface area contributed by atoms with E-state index in [0.717, 1.165) is 17.1 Å². The van der Waals surface area contributed by atoms with Gasteiger partial charge in [0.05, 0.1) is 11.4 Å². The average Bonchev–Trinajstić information content (AvgIpc) is 3.22. The molecule has 0 unspecified atom stereocenters. The third-order valence-corrected chi connectivity index (χ3v) is 9.85. The Morgan fingerprint density at radius 1 is 0.255 bits per heavy atom. The fraction of sp³-hybridized carbons (Fsp3) is 0. The lowest BCUT2D eigenvalue weighted by atomic mass is 9.85. The van der Waals surface area contributed by atoms with Crippen LogP contribution >= 0.6 is 0 Å². The summed E-state index contributed by atoms with van der Waals surface area (Å²) in [6, 6.07) is 76.6. The molecule has 9 rings (SSSR count). The molecule has 0 saturated heterocycles. The minimum Gasteiger partial charge on any atom is -0.309 e. The average molecular weight is 650 g/mol. The second-order valence-electron chi connectivity index (χ2n) is 12.9. The van der Waals surface area contributed by atoms with E-state index in [1.54, 1.807) is 0 Å². The van der Waals surface area contributed by atoms with Crippen LogP contribution in [0.1, 0.15) is 0 Å². The van der Waals surface area contributed by atoms with E-state index >= 15 is 0 Å². The predicted octanol–water partition coefficient (Wildman–Crippen LogP) is 14.1. The number of para-hydroxylation sites is 2. The van der Waals surface area contributed by atoms with Crippen molar-refractivity contribution in [1.82, 2.24) is 0 Å². The molecule has 0 saturated carbocycles. The Kier molecular flexibility index (Phi) is 7.92. The number of fused-ring (bicyclic) bond motifs is 3. The van der Waals surface area contributed by atoms with Crippen LogP contribution in [-0.4, -0.2) is 0 Å². The van der Waals surface area contributed by atoms with Gasteiger partial charge in [-0.2, -0.15) is 0 Å². The van der Waals surface area contributed by atoms with Crippen LogP contribution in [0.5, 0.6) is 0 Å². The molecule has 9 aromatic rings. The lowest BCUT2D eigenvalue weighted by molar-refractivity contribution is 1.29. The summed E-state index contributed by atoms with van der Waals surface area (Å²) in [6.45, 7) is 0. The summed E-state index contributed by atoms with van der Waals surface area (Å²) in [5.74, 6) is 0. The summed E-state index contributed by atoms with van der Waals surface area (Å²) in [6.07, 6.45) is 0. The van der Waals surface area contributed by atoms with E-state index in [2.05, 4.69) is 217 Å². The van der Waals surface area contributed by atoms with E-state index in [1.807, 2.05) is 0 Å². The number of hydrogen-bond donors (Lipinski definition) is 0. The van der Waals surface area contributed by atoms with Crippen LogP contribution < -0.4 is 4.90 Å². The van der Waals surface area contributed by atoms with E-state index in [1.165, 1.54) is 66.1 Å². The van der Waals surface area contributed by atoms with Crippen molar-refractivity contribution in [3.8, 4) is 44.5 Å². The minimum absolute atomic E-state index is 1.10. The summed E-state index contributed by atoms with van der Waals surface area (Å²) >= 11 is 0. The summed E-state index contributed by atoms with van der Waals surface area (Å²) in [4.78, 5) is 2.45. The topological polar surface area (TPSA) is 3.24 Å². The standard InChI is InChI=1S/C50H35N/c1-5-19-36(20-6-1)41-27-15-17-31-47(41)51(48-32-18-16-28-42(48)37-21-7-2-8-22-37)40-33-34-45-46(35-40)43-29-13-14-30-44(43)49(38-23-9-3-10-24-38)50(45)39-25-11-4-12-26-39/h1-35H. The molecule has 0 fully saturated rings. The van der Waals surface area contributed by atoms with Crippen molar-refractivity contribution < 1.29 is 0 Å². The molecular formula is C50H35N. The number of rotatable bonds is 7. The van der Waals surface area contributed by atoms with Crippen molar-refractivity contribution in [2.45, 2.75) is 0 Å². The molecule has 0 radical (unpaired) electrons.